The summed E-state index contributed by atoms with van der Waals surface area (Å²) >= 11 is 5.10. The fourth-order valence-electron chi connectivity index (χ4n) is 1.32. The van der Waals surface area contributed by atoms with Crippen LogP contribution in [0.3, 0.4) is 0 Å². The van der Waals surface area contributed by atoms with E-state index in [1.165, 1.54) is 0 Å². The summed E-state index contributed by atoms with van der Waals surface area (Å²) in [7, 11) is 0. The molecule has 2 N–H and O–H groups in total. The highest BCUT2D eigenvalue weighted by molar-refractivity contribution is 7.80. The van der Waals surface area contributed by atoms with Crippen LogP contribution in [-0.2, 0) is 6.42 Å². The normalized spacial score (nSPS) is 12.1. The van der Waals surface area contributed by atoms with E-state index < -0.39 is 0 Å². The van der Waals surface area contributed by atoms with Crippen LogP contribution in [-0.4, -0.2) is 17.7 Å². The number of aryl methyl sites for hydroxylation is 1. The van der Waals surface area contributed by atoms with Gasteiger partial charge in [-0.05, 0) is 44.6 Å². The van der Waals surface area contributed by atoms with Crippen LogP contribution in [0, 0.1) is 0 Å². The molecule has 1 unspecified atom stereocenters. The summed E-state index contributed by atoms with van der Waals surface area (Å²) in [4.78, 5) is 0. The van der Waals surface area contributed by atoms with Gasteiger partial charge in [0.15, 0.2) is 5.11 Å². The van der Waals surface area contributed by atoms with Gasteiger partial charge in [0.2, 0.25) is 0 Å². The number of thiocarbonyl (C=S) groups is 1. The summed E-state index contributed by atoms with van der Waals surface area (Å²) < 4.78 is 5.26. The molecule has 0 saturated carbocycles. The molecule has 1 aromatic heterocycles. The Hall–Kier alpha value is -1.03. The van der Waals surface area contributed by atoms with Crippen molar-refractivity contribution in [3.63, 3.8) is 0 Å². The summed E-state index contributed by atoms with van der Waals surface area (Å²) in [6, 6.07) is 4.27. The molecule has 0 fully saturated rings. The van der Waals surface area contributed by atoms with Gasteiger partial charge in [-0.3, -0.25) is 0 Å². The summed E-state index contributed by atoms with van der Waals surface area (Å²) in [6.07, 6.45) is 3.66. The van der Waals surface area contributed by atoms with Crippen LogP contribution in [0.25, 0.3) is 0 Å². The molecule has 0 aliphatic carbocycles. The minimum absolute atomic E-state index is 0.363. The summed E-state index contributed by atoms with van der Waals surface area (Å²) in [5.41, 5.74) is 0. The van der Waals surface area contributed by atoms with Gasteiger partial charge in [-0.2, -0.15) is 0 Å². The second-order valence-electron chi connectivity index (χ2n) is 3.52. The fourth-order valence-corrected chi connectivity index (χ4v) is 1.67. The molecule has 0 aliphatic heterocycles. The van der Waals surface area contributed by atoms with E-state index in [1.54, 1.807) is 6.26 Å². The van der Waals surface area contributed by atoms with Crippen molar-refractivity contribution >= 4 is 17.3 Å². The molecule has 0 bridgehead atoms. The number of nitrogens with one attached hydrogen (secondary N) is 2. The van der Waals surface area contributed by atoms with Crippen LogP contribution in [0.5, 0.6) is 0 Å². The Morgan fingerprint density at radius 2 is 2.40 bits per heavy atom. The summed E-state index contributed by atoms with van der Waals surface area (Å²) in [5, 5.41) is 7.01. The average Bonchev–Trinajstić information content (AvgIpc) is 2.67. The topological polar surface area (TPSA) is 37.2 Å². The van der Waals surface area contributed by atoms with Crippen LogP contribution >= 0.6 is 12.2 Å². The molecule has 1 aromatic rings. The first-order valence-electron chi connectivity index (χ1n) is 5.29. The largest absolute Gasteiger partial charge is 0.469 e. The Bertz CT molecular complexity index is 285. The second kappa shape index (κ2) is 6.45. The zero-order valence-corrected chi connectivity index (χ0v) is 10.1. The van der Waals surface area contributed by atoms with Crippen molar-refractivity contribution in [1.82, 2.24) is 10.6 Å². The highest BCUT2D eigenvalue weighted by Crippen LogP contribution is 2.05. The quantitative estimate of drug-likeness (QED) is 0.754. The van der Waals surface area contributed by atoms with E-state index in [4.69, 9.17) is 16.6 Å². The Morgan fingerprint density at radius 1 is 1.60 bits per heavy atom. The molecule has 4 heteroatoms. The van der Waals surface area contributed by atoms with Gasteiger partial charge in [0.25, 0.3) is 0 Å². The van der Waals surface area contributed by atoms with Crippen molar-refractivity contribution in [2.24, 2.45) is 0 Å². The van der Waals surface area contributed by atoms with Crippen molar-refractivity contribution < 1.29 is 4.42 Å². The zero-order chi connectivity index (χ0) is 11.1. The Labute approximate surface area is 96.2 Å². The third-order valence-corrected chi connectivity index (χ3v) is 2.38. The Kier molecular flexibility index (Phi) is 5.18. The molecule has 3 nitrogen and oxygen atoms in total. The van der Waals surface area contributed by atoms with Gasteiger partial charge >= 0.3 is 0 Å². The standard InChI is InChI=1S/C11H18N2OS/c1-3-12-11(15)13-9(2)6-7-10-5-4-8-14-10/h4-5,8-9H,3,6-7H2,1-2H3,(H2,12,13,15). The first-order chi connectivity index (χ1) is 7.22. The lowest BCUT2D eigenvalue weighted by Crippen LogP contribution is -2.40. The molecule has 0 aromatic carbocycles. The number of hydrogen-bond acceptors (Lipinski definition) is 2. The highest BCUT2D eigenvalue weighted by Gasteiger charge is 2.04. The van der Waals surface area contributed by atoms with Crippen molar-refractivity contribution in [3.8, 4) is 0 Å². The number of hydrogen-bond donors (Lipinski definition) is 2. The lowest BCUT2D eigenvalue weighted by atomic mass is 10.1. The van der Waals surface area contributed by atoms with Crippen LogP contribution < -0.4 is 10.6 Å². The SMILES string of the molecule is CCNC(=S)NC(C)CCc1ccco1. The fraction of sp³-hybridized carbons (Fsp3) is 0.545. The third kappa shape index (κ3) is 4.83. The molecule has 84 valence electrons. The average molecular weight is 226 g/mol. The van der Waals surface area contributed by atoms with Crippen LogP contribution in [0.15, 0.2) is 22.8 Å². The van der Waals surface area contributed by atoms with Gasteiger partial charge in [-0.25, -0.2) is 0 Å². The molecule has 0 aliphatic rings. The number of furan rings is 1. The van der Waals surface area contributed by atoms with E-state index >= 15 is 0 Å². The van der Waals surface area contributed by atoms with E-state index in [0.29, 0.717) is 6.04 Å². The molecule has 1 heterocycles. The first kappa shape index (κ1) is 12.0. The van der Waals surface area contributed by atoms with Gasteiger partial charge < -0.3 is 15.1 Å². The molecule has 0 radical (unpaired) electrons. The van der Waals surface area contributed by atoms with Crippen molar-refractivity contribution in [2.75, 3.05) is 6.54 Å². The zero-order valence-electron chi connectivity index (χ0n) is 9.25. The smallest absolute Gasteiger partial charge is 0.166 e. The predicted octanol–water partition coefficient (Wildman–Crippen LogP) is 2.08. The molecule has 0 spiro atoms. The van der Waals surface area contributed by atoms with E-state index in [1.807, 2.05) is 19.1 Å². The van der Waals surface area contributed by atoms with Gasteiger partial charge in [0, 0.05) is 19.0 Å². The van der Waals surface area contributed by atoms with Gasteiger partial charge in [0.05, 0.1) is 6.26 Å². The maximum atomic E-state index is 5.26. The van der Waals surface area contributed by atoms with Crippen molar-refractivity contribution in [3.05, 3.63) is 24.2 Å². The predicted molar refractivity (Wildman–Crippen MR) is 65.9 cm³/mol. The maximum absolute atomic E-state index is 5.26. The highest BCUT2D eigenvalue weighted by atomic mass is 32.1. The maximum Gasteiger partial charge on any atom is 0.166 e. The summed E-state index contributed by atoms with van der Waals surface area (Å²) in [5.74, 6) is 1.03. The minimum Gasteiger partial charge on any atom is -0.469 e. The van der Waals surface area contributed by atoms with Crippen molar-refractivity contribution in [2.45, 2.75) is 32.7 Å². The van der Waals surface area contributed by atoms with Crippen molar-refractivity contribution in [1.29, 1.82) is 0 Å². The Balaban J connectivity index is 2.18. The van der Waals surface area contributed by atoms with Crippen LogP contribution in [0.2, 0.25) is 0 Å². The van der Waals surface area contributed by atoms with Gasteiger partial charge in [0.1, 0.15) is 5.76 Å². The minimum atomic E-state index is 0.363. The first-order valence-corrected chi connectivity index (χ1v) is 5.70. The molecule has 15 heavy (non-hydrogen) atoms. The monoisotopic (exact) mass is 226 g/mol. The van der Waals surface area contributed by atoms with Crippen LogP contribution in [0.4, 0.5) is 0 Å². The lowest BCUT2D eigenvalue weighted by Gasteiger charge is -2.15. The van der Waals surface area contributed by atoms with E-state index in [9.17, 15) is 0 Å². The molecule has 1 rings (SSSR count). The molecular formula is C11H18N2OS. The lowest BCUT2D eigenvalue weighted by molar-refractivity contribution is 0.482. The molecule has 0 amide bonds. The third-order valence-electron chi connectivity index (χ3n) is 2.12. The Morgan fingerprint density at radius 3 is 3.00 bits per heavy atom. The molecule has 0 saturated heterocycles. The van der Waals surface area contributed by atoms with E-state index in [-0.39, 0.29) is 0 Å². The second-order valence-corrected chi connectivity index (χ2v) is 3.93. The molecular weight excluding hydrogens is 208 g/mol. The van der Waals surface area contributed by atoms with Crippen LogP contribution in [0.1, 0.15) is 26.0 Å². The van der Waals surface area contributed by atoms with Gasteiger partial charge in [-0.15, -0.1) is 0 Å². The van der Waals surface area contributed by atoms with E-state index in [0.717, 1.165) is 30.3 Å². The van der Waals surface area contributed by atoms with Gasteiger partial charge in [-0.1, -0.05) is 0 Å². The number of rotatable bonds is 5. The summed E-state index contributed by atoms with van der Waals surface area (Å²) in [6.45, 7) is 5.00. The van der Waals surface area contributed by atoms with E-state index in [2.05, 4.69) is 17.6 Å². The molecule has 1 atom stereocenters.